The van der Waals surface area contributed by atoms with Crippen molar-refractivity contribution in [2.75, 3.05) is 19.6 Å². The number of carbonyl (C=O) groups is 1. The molecule has 1 aromatic carbocycles. The highest BCUT2D eigenvalue weighted by Gasteiger charge is 2.28. The Morgan fingerprint density at radius 3 is 2.76 bits per heavy atom. The van der Waals surface area contributed by atoms with Crippen LogP contribution in [-0.4, -0.2) is 35.4 Å². The van der Waals surface area contributed by atoms with E-state index in [4.69, 9.17) is 4.42 Å². The number of amides is 1. The van der Waals surface area contributed by atoms with Crippen molar-refractivity contribution >= 4 is 5.91 Å². The molecule has 1 atom stereocenters. The van der Waals surface area contributed by atoms with Crippen LogP contribution in [0, 0.1) is 13.8 Å². The van der Waals surface area contributed by atoms with Crippen LogP contribution >= 0.6 is 0 Å². The maximum Gasteiger partial charge on any atom is 0.291 e. The van der Waals surface area contributed by atoms with Gasteiger partial charge >= 0.3 is 0 Å². The molecular weight excluding hydrogens is 266 g/mol. The minimum Gasteiger partial charge on any atom is -0.436 e. The molecule has 2 heterocycles. The number of rotatable bonds is 2. The molecule has 0 saturated carbocycles. The Hall–Kier alpha value is -2.14. The Bertz CT molecular complexity index is 636. The van der Waals surface area contributed by atoms with Crippen molar-refractivity contribution in [3.05, 3.63) is 53.2 Å². The Kier molecular flexibility index (Phi) is 3.75. The van der Waals surface area contributed by atoms with Crippen LogP contribution in [0.4, 0.5) is 0 Å². The van der Waals surface area contributed by atoms with E-state index in [2.05, 4.69) is 22.4 Å². The number of benzene rings is 1. The highest BCUT2D eigenvalue weighted by molar-refractivity contribution is 5.92. The van der Waals surface area contributed by atoms with E-state index in [1.165, 1.54) is 5.56 Å². The van der Waals surface area contributed by atoms with Crippen LogP contribution in [0.1, 0.15) is 33.7 Å². The van der Waals surface area contributed by atoms with Gasteiger partial charge in [0.2, 0.25) is 5.76 Å². The molecule has 0 radical (unpaired) electrons. The molecule has 1 amide bonds. The number of aromatic nitrogens is 1. The molecule has 5 heteroatoms. The molecule has 3 rings (SSSR count). The molecule has 1 saturated heterocycles. The number of nitrogens with one attached hydrogen (secondary N) is 1. The molecule has 1 aliphatic heterocycles. The largest absolute Gasteiger partial charge is 0.436 e. The molecule has 21 heavy (non-hydrogen) atoms. The molecule has 1 N–H and O–H groups in total. The monoisotopic (exact) mass is 285 g/mol. The maximum absolute atomic E-state index is 12.6. The van der Waals surface area contributed by atoms with E-state index in [-0.39, 0.29) is 11.9 Å². The quantitative estimate of drug-likeness (QED) is 0.918. The second-order valence-electron chi connectivity index (χ2n) is 5.32. The van der Waals surface area contributed by atoms with Crippen LogP contribution in [0.25, 0.3) is 0 Å². The van der Waals surface area contributed by atoms with E-state index in [0.717, 1.165) is 6.54 Å². The van der Waals surface area contributed by atoms with E-state index < -0.39 is 0 Å². The number of nitrogens with zero attached hydrogens (tertiary/aromatic N) is 2. The first-order valence-electron chi connectivity index (χ1n) is 7.17. The third-order valence-electron chi connectivity index (χ3n) is 3.76. The third kappa shape index (κ3) is 2.83. The van der Waals surface area contributed by atoms with E-state index in [9.17, 15) is 4.79 Å². The first-order valence-corrected chi connectivity index (χ1v) is 7.17. The molecule has 1 unspecified atom stereocenters. The van der Waals surface area contributed by atoms with Gasteiger partial charge in [-0.15, -0.1) is 0 Å². The van der Waals surface area contributed by atoms with Gasteiger partial charge in [0, 0.05) is 32.6 Å². The third-order valence-corrected chi connectivity index (χ3v) is 3.76. The van der Waals surface area contributed by atoms with Gasteiger partial charge in [-0.3, -0.25) is 4.79 Å². The fourth-order valence-electron chi connectivity index (χ4n) is 2.72. The predicted octanol–water partition coefficient (Wildman–Crippen LogP) is 2.08. The average Bonchev–Trinajstić information content (AvgIpc) is 2.86. The molecule has 2 aromatic rings. The maximum atomic E-state index is 12.6. The van der Waals surface area contributed by atoms with E-state index in [1.54, 1.807) is 13.8 Å². The van der Waals surface area contributed by atoms with Gasteiger partial charge in [0.1, 0.15) is 0 Å². The topological polar surface area (TPSA) is 58.4 Å². The Morgan fingerprint density at radius 1 is 1.33 bits per heavy atom. The number of hydrogen-bond acceptors (Lipinski definition) is 4. The van der Waals surface area contributed by atoms with Crippen LogP contribution in [0.3, 0.4) is 0 Å². The summed E-state index contributed by atoms with van der Waals surface area (Å²) in [5.74, 6) is 0.822. The summed E-state index contributed by atoms with van der Waals surface area (Å²) in [5.41, 5.74) is 1.85. The highest BCUT2D eigenvalue weighted by Crippen LogP contribution is 2.20. The number of carbonyl (C=O) groups excluding carboxylic acids is 1. The lowest BCUT2D eigenvalue weighted by Gasteiger charge is -2.33. The minimum atomic E-state index is -0.0736. The van der Waals surface area contributed by atoms with Gasteiger partial charge in [-0.2, -0.15) is 0 Å². The minimum absolute atomic E-state index is 0.0736. The first kappa shape index (κ1) is 13.8. The van der Waals surface area contributed by atoms with Crippen LogP contribution < -0.4 is 5.32 Å². The van der Waals surface area contributed by atoms with Crippen LogP contribution in [-0.2, 0) is 0 Å². The molecule has 5 nitrogen and oxygen atoms in total. The van der Waals surface area contributed by atoms with Gasteiger partial charge in [0.05, 0.1) is 5.69 Å². The van der Waals surface area contributed by atoms with Crippen LogP contribution in [0.5, 0.6) is 0 Å². The van der Waals surface area contributed by atoms with Crippen molar-refractivity contribution in [1.29, 1.82) is 0 Å². The van der Waals surface area contributed by atoms with Gasteiger partial charge in [0.15, 0.2) is 5.89 Å². The zero-order valence-corrected chi connectivity index (χ0v) is 12.3. The Labute approximate surface area is 124 Å². The second kappa shape index (κ2) is 5.69. The fourth-order valence-corrected chi connectivity index (χ4v) is 2.72. The van der Waals surface area contributed by atoms with Crippen LogP contribution in [0.15, 0.2) is 34.7 Å². The van der Waals surface area contributed by atoms with Crippen molar-refractivity contribution in [3.63, 3.8) is 0 Å². The second-order valence-corrected chi connectivity index (χ2v) is 5.32. The standard InChI is InChI=1S/C16H19N3O2/c1-11-15(21-12(2)18-11)16(20)19-9-8-17-14(10-19)13-6-4-3-5-7-13/h3-7,14,17H,8-10H2,1-2H3. The fraction of sp³-hybridized carbons (Fsp3) is 0.375. The summed E-state index contributed by atoms with van der Waals surface area (Å²) in [5, 5.41) is 3.45. The SMILES string of the molecule is Cc1nc(C)c(C(=O)N2CCNC(c3ccccc3)C2)o1. The number of aryl methyl sites for hydroxylation is 2. The van der Waals surface area contributed by atoms with Crippen molar-refractivity contribution in [1.82, 2.24) is 15.2 Å². The summed E-state index contributed by atoms with van der Waals surface area (Å²) < 4.78 is 5.45. The average molecular weight is 285 g/mol. The molecule has 1 aromatic heterocycles. The van der Waals surface area contributed by atoms with Gasteiger partial charge in [-0.05, 0) is 12.5 Å². The summed E-state index contributed by atoms with van der Waals surface area (Å²) >= 11 is 0. The first-order chi connectivity index (χ1) is 10.1. The number of hydrogen-bond donors (Lipinski definition) is 1. The normalized spacial score (nSPS) is 18.8. The lowest BCUT2D eigenvalue weighted by atomic mass is 10.0. The molecule has 0 bridgehead atoms. The smallest absolute Gasteiger partial charge is 0.291 e. The molecule has 110 valence electrons. The molecule has 0 aliphatic carbocycles. The number of piperazine rings is 1. The summed E-state index contributed by atoms with van der Waals surface area (Å²) in [6.45, 7) is 5.66. The van der Waals surface area contributed by atoms with E-state index in [0.29, 0.717) is 30.4 Å². The summed E-state index contributed by atoms with van der Waals surface area (Å²) in [6.07, 6.45) is 0. The van der Waals surface area contributed by atoms with E-state index in [1.807, 2.05) is 23.1 Å². The molecule has 1 aliphatic rings. The van der Waals surface area contributed by atoms with Crippen molar-refractivity contribution in [2.45, 2.75) is 19.9 Å². The lowest BCUT2D eigenvalue weighted by Crippen LogP contribution is -2.48. The van der Waals surface area contributed by atoms with Crippen molar-refractivity contribution in [3.8, 4) is 0 Å². The Morgan fingerprint density at radius 2 is 2.10 bits per heavy atom. The highest BCUT2D eigenvalue weighted by atomic mass is 16.4. The predicted molar refractivity (Wildman–Crippen MR) is 79.1 cm³/mol. The zero-order chi connectivity index (χ0) is 14.8. The zero-order valence-electron chi connectivity index (χ0n) is 12.3. The molecular formula is C16H19N3O2. The molecule has 1 fully saturated rings. The van der Waals surface area contributed by atoms with Gasteiger partial charge in [0.25, 0.3) is 5.91 Å². The van der Waals surface area contributed by atoms with Gasteiger partial charge < -0.3 is 14.6 Å². The summed E-state index contributed by atoms with van der Waals surface area (Å²) in [6, 6.07) is 10.3. The lowest BCUT2D eigenvalue weighted by molar-refractivity contribution is 0.0668. The Balaban J connectivity index is 1.77. The summed E-state index contributed by atoms with van der Waals surface area (Å²) in [4.78, 5) is 18.6. The van der Waals surface area contributed by atoms with E-state index >= 15 is 0 Å². The van der Waals surface area contributed by atoms with Gasteiger partial charge in [-0.1, -0.05) is 30.3 Å². The van der Waals surface area contributed by atoms with Crippen molar-refractivity contribution in [2.24, 2.45) is 0 Å². The van der Waals surface area contributed by atoms with Crippen LogP contribution in [0.2, 0.25) is 0 Å². The molecule has 0 spiro atoms. The summed E-state index contributed by atoms with van der Waals surface area (Å²) in [7, 11) is 0. The number of oxazole rings is 1. The van der Waals surface area contributed by atoms with Crippen molar-refractivity contribution < 1.29 is 9.21 Å². The van der Waals surface area contributed by atoms with Gasteiger partial charge in [-0.25, -0.2) is 4.98 Å².